The van der Waals surface area contributed by atoms with Crippen molar-refractivity contribution in [2.45, 2.75) is 18.7 Å². The summed E-state index contributed by atoms with van der Waals surface area (Å²) in [6, 6.07) is 10.6. The molecule has 1 aromatic heterocycles. The summed E-state index contributed by atoms with van der Waals surface area (Å²) in [4.78, 5) is 4.71. The van der Waals surface area contributed by atoms with Crippen LogP contribution in [0, 0.1) is 0 Å². The molecule has 1 N–H and O–H groups in total. The summed E-state index contributed by atoms with van der Waals surface area (Å²) in [5.41, 5.74) is 2.32. The summed E-state index contributed by atoms with van der Waals surface area (Å²) < 4.78 is 7.29. The van der Waals surface area contributed by atoms with Gasteiger partial charge >= 0.3 is 0 Å². The van der Waals surface area contributed by atoms with Crippen LogP contribution in [0.1, 0.15) is 5.56 Å². The number of ether oxygens (including phenoxy) is 1. The van der Waals surface area contributed by atoms with E-state index in [4.69, 9.17) is 4.74 Å². The van der Waals surface area contributed by atoms with E-state index in [0.717, 1.165) is 51.6 Å². The molecule has 0 bridgehead atoms. The van der Waals surface area contributed by atoms with E-state index in [2.05, 4.69) is 39.2 Å². The van der Waals surface area contributed by atoms with E-state index in [0.29, 0.717) is 0 Å². The lowest BCUT2D eigenvalue weighted by Gasteiger charge is -2.33. The maximum absolute atomic E-state index is 10.5. The van der Waals surface area contributed by atoms with Gasteiger partial charge in [-0.3, -0.25) is 9.80 Å². The molecule has 0 spiro atoms. The van der Waals surface area contributed by atoms with Gasteiger partial charge in [0.25, 0.3) is 0 Å². The van der Waals surface area contributed by atoms with Crippen LogP contribution in [0.25, 0.3) is 5.69 Å². The summed E-state index contributed by atoms with van der Waals surface area (Å²) in [5, 5.41) is 14.7. The molecule has 2 aliphatic rings. The highest BCUT2D eigenvalue weighted by molar-refractivity contribution is 5.35. The third kappa shape index (κ3) is 3.37. The van der Waals surface area contributed by atoms with Crippen molar-refractivity contribution in [3.63, 3.8) is 0 Å². The molecule has 2 fully saturated rings. The monoisotopic (exact) mass is 328 g/mol. The van der Waals surface area contributed by atoms with Crippen LogP contribution < -0.4 is 0 Å². The standard InChI is InChI=1S/C18H24N4O2/c23-18-14-20(13-17(18)21-7-9-24-10-8-21)12-15-3-1-4-16(11-15)22-6-2-5-19-22/h1-6,11,17-18,23H,7-10,12-14H2/t17-,18-/m0/s1. The van der Waals surface area contributed by atoms with Gasteiger partial charge in [-0.2, -0.15) is 5.10 Å². The quantitative estimate of drug-likeness (QED) is 0.898. The molecule has 24 heavy (non-hydrogen) atoms. The molecule has 0 radical (unpaired) electrons. The molecule has 0 unspecified atom stereocenters. The average Bonchev–Trinajstić information content (AvgIpc) is 3.26. The third-order valence-electron chi connectivity index (χ3n) is 4.94. The largest absolute Gasteiger partial charge is 0.390 e. The van der Waals surface area contributed by atoms with E-state index >= 15 is 0 Å². The van der Waals surface area contributed by atoms with Crippen molar-refractivity contribution < 1.29 is 9.84 Å². The molecule has 6 heteroatoms. The normalized spacial score (nSPS) is 26.0. The zero-order chi connectivity index (χ0) is 16.4. The maximum Gasteiger partial charge on any atom is 0.0834 e. The lowest BCUT2D eigenvalue weighted by molar-refractivity contribution is -0.00618. The number of rotatable bonds is 4. The second-order valence-electron chi connectivity index (χ2n) is 6.60. The SMILES string of the molecule is O[C@H]1CN(Cc2cccc(-n3cccn3)c2)C[C@@H]1N1CCOCC1. The fourth-order valence-corrected chi connectivity index (χ4v) is 3.72. The van der Waals surface area contributed by atoms with Crippen LogP contribution in [-0.2, 0) is 11.3 Å². The highest BCUT2D eigenvalue weighted by Gasteiger charge is 2.35. The molecule has 0 amide bonds. The first kappa shape index (κ1) is 15.8. The van der Waals surface area contributed by atoms with E-state index in [1.54, 1.807) is 6.20 Å². The number of morpholine rings is 1. The molecule has 0 saturated carbocycles. The maximum atomic E-state index is 10.5. The molecule has 2 aliphatic heterocycles. The van der Waals surface area contributed by atoms with Gasteiger partial charge in [-0.05, 0) is 23.8 Å². The van der Waals surface area contributed by atoms with Gasteiger partial charge in [0.2, 0.25) is 0 Å². The van der Waals surface area contributed by atoms with Crippen molar-refractivity contribution in [1.29, 1.82) is 0 Å². The Hall–Kier alpha value is -1.73. The fraction of sp³-hybridized carbons (Fsp3) is 0.500. The summed E-state index contributed by atoms with van der Waals surface area (Å²) in [6.07, 6.45) is 3.46. The first-order valence-electron chi connectivity index (χ1n) is 8.61. The van der Waals surface area contributed by atoms with E-state index < -0.39 is 0 Å². The predicted molar refractivity (Wildman–Crippen MR) is 91.0 cm³/mol. The number of hydrogen-bond acceptors (Lipinski definition) is 5. The van der Waals surface area contributed by atoms with Crippen LogP contribution >= 0.6 is 0 Å². The molecule has 2 aromatic rings. The molecule has 2 atom stereocenters. The van der Waals surface area contributed by atoms with Gasteiger partial charge in [-0.1, -0.05) is 12.1 Å². The molecule has 4 rings (SSSR count). The van der Waals surface area contributed by atoms with Gasteiger partial charge in [-0.15, -0.1) is 0 Å². The third-order valence-corrected chi connectivity index (χ3v) is 4.94. The van der Waals surface area contributed by atoms with E-state index in [-0.39, 0.29) is 12.1 Å². The molecule has 6 nitrogen and oxygen atoms in total. The van der Waals surface area contributed by atoms with Crippen molar-refractivity contribution in [3.05, 3.63) is 48.3 Å². The second kappa shape index (κ2) is 7.03. The van der Waals surface area contributed by atoms with Crippen molar-refractivity contribution in [1.82, 2.24) is 19.6 Å². The molecule has 2 saturated heterocycles. The molecule has 1 aromatic carbocycles. The van der Waals surface area contributed by atoms with Gasteiger partial charge in [0.1, 0.15) is 0 Å². The van der Waals surface area contributed by atoms with E-state index in [1.165, 1.54) is 5.56 Å². The molecule has 3 heterocycles. The Morgan fingerprint density at radius 1 is 1.17 bits per heavy atom. The number of aliphatic hydroxyl groups is 1. The Morgan fingerprint density at radius 3 is 2.83 bits per heavy atom. The van der Waals surface area contributed by atoms with Crippen molar-refractivity contribution in [2.75, 3.05) is 39.4 Å². The Morgan fingerprint density at radius 2 is 2.04 bits per heavy atom. The van der Waals surface area contributed by atoms with Crippen LogP contribution in [0.4, 0.5) is 0 Å². The Balaban J connectivity index is 1.42. The Labute approximate surface area is 142 Å². The topological polar surface area (TPSA) is 53.8 Å². The second-order valence-corrected chi connectivity index (χ2v) is 6.60. The first-order chi connectivity index (χ1) is 11.8. The smallest absolute Gasteiger partial charge is 0.0834 e. The zero-order valence-corrected chi connectivity index (χ0v) is 13.8. The van der Waals surface area contributed by atoms with Crippen LogP contribution in [0.3, 0.4) is 0 Å². The van der Waals surface area contributed by atoms with Gasteiger partial charge in [0, 0.05) is 51.2 Å². The number of nitrogens with zero attached hydrogens (tertiary/aromatic N) is 4. The van der Waals surface area contributed by atoms with Gasteiger partial charge in [0.05, 0.1) is 25.0 Å². The number of aliphatic hydroxyl groups excluding tert-OH is 1. The van der Waals surface area contributed by atoms with Crippen LogP contribution in [0.5, 0.6) is 0 Å². The minimum absolute atomic E-state index is 0.225. The minimum Gasteiger partial charge on any atom is -0.390 e. The fourth-order valence-electron chi connectivity index (χ4n) is 3.72. The Kier molecular flexibility index (Phi) is 4.62. The first-order valence-corrected chi connectivity index (χ1v) is 8.61. The molecular weight excluding hydrogens is 304 g/mol. The molecular formula is C18H24N4O2. The lowest BCUT2D eigenvalue weighted by Crippen LogP contribution is -2.48. The van der Waals surface area contributed by atoms with Gasteiger partial charge in [-0.25, -0.2) is 4.68 Å². The van der Waals surface area contributed by atoms with Gasteiger partial charge in [0.15, 0.2) is 0 Å². The van der Waals surface area contributed by atoms with Crippen molar-refractivity contribution in [2.24, 2.45) is 0 Å². The number of β-amino-alcohol motifs (C(OH)–C–C–N with tert-alkyl or cyclic N) is 1. The Bertz CT molecular complexity index is 655. The summed E-state index contributed by atoms with van der Waals surface area (Å²) >= 11 is 0. The summed E-state index contributed by atoms with van der Waals surface area (Å²) in [6.45, 7) is 5.88. The van der Waals surface area contributed by atoms with Crippen LogP contribution in [-0.4, -0.2) is 76.2 Å². The minimum atomic E-state index is -0.280. The highest BCUT2D eigenvalue weighted by atomic mass is 16.5. The lowest BCUT2D eigenvalue weighted by atomic mass is 10.1. The molecule has 128 valence electrons. The van der Waals surface area contributed by atoms with E-state index in [1.807, 2.05) is 16.9 Å². The summed E-state index contributed by atoms with van der Waals surface area (Å²) in [5.74, 6) is 0. The van der Waals surface area contributed by atoms with Crippen LogP contribution in [0.15, 0.2) is 42.7 Å². The number of benzene rings is 1. The molecule has 0 aliphatic carbocycles. The predicted octanol–water partition coefficient (Wildman–Crippen LogP) is 0.750. The zero-order valence-electron chi connectivity index (χ0n) is 13.8. The van der Waals surface area contributed by atoms with Crippen molar-refractivity contribution >= 4 is 0 Å². The number of hydrogen-bond donors (Lipinski definition) is 1. The number of likely N-dealkylation sites (tertiary alicyclic amines) is 1. The van der Waals surface area contributed by atoms with Crippen molar-refractivity contribution in [3.8, 4) is 5.69 Å². The van der Waals surface area contributed by atoms with Gasteiger partial charge < -0.3 is 9.84 Å². The number of aromatic nitrogens is 2. The van der Waals surface area contributed by atoms with Crippen LogP contribution in [0.2, 0.25) is 0 Å². The van der Waals surface area contributed by atoms with E-state index in [9.17, 15) is 5.11 Å². The average molecular weight is 328 g/mol. The highest BCUT2D eigenvalue weighted by Crippen LogP contribution is 2.20. The summed E-state index contributed by atoms with van der Waals surface area (Å²) in [7, 11) is 0.